The summed E-state index contributed by atoms with van der Waals surface area (Å²) in [5.74, 6) is -0.369. The fourth-order valence-electron chi connectivity index (χ4n) is 2.28. The van der Waals surface area contributed by atoms with Crippen LogP contribution in [0.2, 0.25) is 0 Å². The predicted octanol–water partition coefficient (Wildman–Crippen LogP) is 4.47. The van der Waals surface area contributed by atoms with Gasteiger partial charge in [0.05, 0.1) is 17.5 Å². The summed E-state index contributed by atoms with van der Waals surface area (Å²) in [4.78, 5) is 16.1. The van der Waals surface area contributed by atoms with Gasteiger partial charge in [0, 0.05) is 0 Å². The molecule has 1 unspecified atom stereocenters. The summed E-state index contributed by atoms with van der Waals surface area (Å²) in [5, 5.41) is 0. The highest BCUT2D eigenvalue weighted by molar-refractivity contribution is 5.76. The van der Waals surface area contributed by atoms with E-state index < -0.39 is 18.6 Å². The smallest absolute Gasteiger partial charge is 0.320 e. The van der Waals surface area contributed by atoms with Crippen molar-refractivity contribution in [3.8, 4) is 0 Å². The van der Waals surface area contributed by atoms with E-state index in [9.17, 15) is 13.6 Å². The van der Waals surface area contributed by atoms with Gasteiger partial charge in [0.15, 0.2) is 11.9 Å². The molecule has 1 aromatic heterocycles. The van der Waals surface area contributed by atoms with Gasteiger partial charge in [0.2, 0.25) is 0 Å². The molecule has 0 spiro atoms. The lowest BCUT2D eigenvalue weighted by molar-refractivity contribution is -0.151. The highest BCUT2D eigenvalue weighted by atomic mass is 19.3. The van der Waals surface area contributed by atoms with Crippen molar-refractivity contribution in [2.45, 2.75) is 46.8 Å². The summed E-state index contributed by atoms with van der Waals surface area (Å²) in [6.45, 7) is 4.54. The van der Waals surface area contributed by atoms with Gasteiger partial charge < -0.3 is 4.74 Å². The highest BCUT2D eigenvalue weighted by Gasteiger charge is 2.25. The van der Waals surface area contributed by atoms with E-state index >= 15 is 0 Å². The van der Waals surface area contributed by atoms with Crippen LogP contribution in [0.5, 0.6) is 0 Å². The van der Waals surface area contributed by atoms with Crippen molar-refractivity contribution in [3.05, 3.63) is 30.1 Å². The Bertz CT molecular complexity index is 674. The lowest BCUT2D eigenvalue weighted by Gasteiger charge is -2.19. The zero-order valence-corrected chi connectivity index (χ0v) is 13.1. The minimum atomic E-state index is -2.74. The van der Waals surface area contributed by atoms with Crippen molar-refractivity contribution in [2.75, 3.05) is 0 Å². The molecule has 4 nitrogen and oxygen atoms in total. The average molecular weight is 310 g/mol. The number of ether oxygens (including phenoxy) is 1. The average Bonchev–Trinajstić information content (AvgIpc) is 2.75. The van der Waals surface area contributed by atoms with E-state index in [0.29, 0.717) is 11.0 Å². The maximum Gasteiger partial charge on any atom is 0.320 e. The fraction of sp³-hybridized carbons (Fsp3) is 0.500. The second kappa shape index (κ2) is 6.02. The number of para-hydroxylation sites is 2. The molecule has 22 heavy (non-hydrogen) atoms. The number of imidazole rings is 1. The monoisotopic (exact) mass is 310 g/mol. The van der Waals surface area contributed by atoms with E-state index in [4.69, 9.17) is 4.74 Å². The van der Waals surface area contributed by atoms with Gasteiger partial charge in [0.25, 0.3) is 0 Å². The number of nitrogens with zero attached hydrogens (tertiary/aromatic N) is 2. The molecule has 0 amide bonds. The summed E-state index contributed by atoms with van der Waals surface area (Å²) < 4.78 is 32.8. The van der Waals surface area contributed by atoms with Gasteiger partial charge in [-0.2, -0.15) is 8.78 Å². The van der Waals surface area contributed by atoms with Crippen LogP contribution in [0.4, 0.5) is 8.78 Å². The second-order valence-corrected chi connectivity index (χ2v) is 6.48. The van der Waals surface area contributed by atoms with Crippen LogP contribution in [0, 0.1) is 5.41 Å². The van der Waals surface area contributed by atoms with Crippen molar-refractivity contribution >= 4 is 17.0 Å². The van der Waals surface area contributed by atoms with Crippen LogP contribution in [-0.4, -0.2) is 15.5 Å². The topological polar surface area (TPSA) is 44.1 Å². The Morgan fingerprint density at radius 3 is 2.55 bits per heavy atom. The number of benzene rings is 1. The number of fused-ring (bicyclic) bond motifs is 1. The van der Waals surface area contributed by atoms with Crippen LogP contribution >= 0.6 is 0 Å². The number of carbonyl (C=O) groups is 1. The van der Waals surface area contributed by atoms with Crippen molar-refractivity contribution in [2.24, 2.45) is 5.41 Å². The summed E-state index contributed by atoms with van der Waals surface area (Å²) in [6.07, 6.45) is -0.622. The Labute approximate surface area is 128 Å². The lowest BCUT2D eigenvalue weighted by Crippen LogP contribution is -2.19. The maximum absolute atomic E-state index is 13.3. The number of esters is 1. The number of carbonyl (C=O) groups excluding carboxylic acids is 1. The summed E-state index contributed by atoms with van der Waals surface area (Å²) >= 11 is 0. The zero-order valence-electron chi connectivity index (χ0n) is 13.1. The predicted molar refractivity (Wildman–Crippen MR) is 79.6 cm³/mol. The largest absolute Gasteiger partial charge is 0.454 e. The molecular formula is C16H20F2N2O2. The third kappa shape index (κ3) is 3.61. The molecule has 0 radical (unpaired) electrons. The van der Waals surface area contributed by atoms with Crippen molar-refractivity contribution in [3.63, 3.8) is 0 Å². The first-order valence-corrected chi connectivity index (χ1v) is 7.13. The zero-order chi connectivity index (χ0) is 16.5. The molecule has 1 aromatic carbocycles. The van der Waals surface area contributed by atoms with Crippen molar-refractivity contribution in [1.82, 2.24) is 9.55 Å². The summed E-state index contributed by atoms with van der Waals surface area (Å²) in [6, 6.07) is 6.62. The third-order valence-corrected chi connectivity index (χ3v) is 3.16. The Kier molecular flexibility index (Phi) is 4.49. The molecule has 2 rings (SSSR count). The molecule has 1 atom stereocenters. The van der Waals surface area contributed by atoms with Crippen LogP contribution in [0.3, 0.4) is 0 Å². The van der Waals surface area contributed by atoms with Gasteiger partial charge in [-0.3, -0.25) is 9.36 Å². The fourth-order valence-corrected chi connectivity index (χ4v) is 2.28. The first-order valence-electron chi connectivity index (χ1n) is 7.13. The maximum atomic E-state index is 13.3. The van der Waals surface area contributed by atoms with E-state index in [0.717, 1.165) is 4.57 Å². The Morgan fingerprint density at radius 1 is 1.32 bits per heavy atom. The normalized spacial score (nSPS) is 13.6. The standard InChI is InChI=1S/C16H20F2N2O2/c1-10(22-13(21)9-16(2,3)4)14-19-11-7-5-6-8-12(11)20(14)15(17)18/h5-8,10,15H,9H2,1-4H3. The molecule has 1 heterocycles. The third-order valence-electron chi connectivity index (χ3n) is 3.16. The van der Waals surface area contributed by atoms with E-state index in [1.165, 1.54) is 0 Å². The van der Waals surface area contributed by atoms with Crippen molar-refractivity contribution in [1.29, 1.82) is 0 Å². The molecule has 0 aliphatic carbocycles. The number of hydrogen-bond acceptors (Lipinski definition) is 3. The summed E-state index contributed by atoms with van der Waals surface area (Å²) in [7, 11) is 0. The van der Waals surface area contributed by atoms with Crippen LogP contribution in [0.15, 0.2) is 24.3 Å². The van der Waals surface area contributed by atoms with E-state index in [2.05, 4.69) is 4.98 Å². The molecule has 2 aromatic rings. The molecule has 0 N–H and O–H groups in total. The van der Waals surface area contributed by atoms with E-state index in [-0.39, 0.29) is 17.7 Å². The van der Waals surface area contributed by atoms with Crippen LogP contribution in [0.1, 0.15) is 52.6 Å². The molecule has 0 saturated heterocycles. The molecule has 120 valence electrons. The first-order chi connectivity index (χ1) is 10.2. The number of rotatable bonds is 4. The van der Waals surface area contributed by atoms with E-state index in [1.54, 1.807) is 31.2 Å². The number of alkyl halides is 2. The van der Waals surface area contributed by atoms with Gasteiger partial charge in [-0.05, 0) is 24.5 Å². The molecule has 0 saturated carbocycles. The number of hydrogen-bond donors (Lipinski definition) is 0. The van der Waals surface area contributed by atoms with Gasteiger partial charge >= 0.3 is 12.5 Å². The first kappa shape index (κ1) is 16.4. The van der Waals surface area contributed by atoms with Gasteiger partial charge in [-0.15, -0.1) is 0 Å². The van der Waals surface area contributed by atoms with Gasteiger partial charge in [-0.25, -0.2) is 4.98 Å². The molecule has 6 heteroatoms. The number of halogens is 2. The van der Waals surface area contributed by atoms with Crippen molar-refractivity contribution < 1.29 is 18.3 Å². The lowest BCUT2D eigenvalue weighted by atomic mass is 9.92. The molecule has 0 fully saturated rings. The Hall–Kier alpha value is -1.98. The summed E-state index contributed by atoms with van der Waals surface area (Å²) in [5.41, 5.74) is 0.558. The van der Waals surface area contributed by atoms with Crippen LogP contribution in [-0.2, 0) is 9.53 Å². The van der Waals surface area contributed by atoms with Crippen LogP contribution < -0.4 is 0 Å². The molecule has 0 bridgehead atoms. The quantitative estimate of drug-likeness (QED) is 0.782. The minimum Gasteiger partial charge on any atom is -0.454 e. The highest BCUT2D eigenvalue weighted by Crippen LogP contribution is 2.29. The minimum absolute atomic E-state index is 0.0541. The Morgan fingerprint density at radius 2 is 1.95 bits per heavy atom. The van der Waals surface area contributed by atoms with Crippen LogP contribution in [0.25, 0.3) is 11.0 Å². The Balaban J connectivity index is 2.30. The SMILES string of the molecule is CC(OC(=O)CC(C)(C)C)c1nc2ccccc2n1C(F)F. The van der Waals surface area contributed by atoms with Gasteiger partial charge in [0.1, 0.15) is 0 Å². The molecule has 0 aliphatic heterocycles. The number of aromatic nitrogens is 2. The second-order valence-electron chi connectivity index (χ2n) is 6.48. The molecular weight excluding hydrogens is 290 g/mol. The molecule has 0 aliphatic rings. The van der Waals surface area contributed by atoms with E-state index in [1.807, 2.05) is 20.8 Å². The van der Waals surface area contributed by atoms with Gasteiger partial charge in [-0.1, -0.05) is 32.9 Å².